The molecule has 0 radical (unpaired) electrons. The number of thiocarbonyl (C=S) groups is 1. The molecule has 4 aromatic carbocycles. The number of aryl methyl sites for hydroxylation is 2. The van der Waals surface area contributed by atoms with Crippen molar-refractivity contribution in [2.24, 2.45) is 5.10 Å². The maximum atomic E-state index is 12.5. The molecule has 39 heavy (non-hydrogen) atoms. The number of alkyl halides is 3. The van der Waals surface area contributed by atoms with Gasteiger partial charge >= 0.3 is 6.36 Å². The van der Waals surface area contributed by atoms with Gasteiger partial charge in [-0.2, -0.15) is 5.10 Å². The van der Waals surface area contributed by atoms with Crippen molar-refractivity contribution in [1.29, 1.82) is 0 Å². The predicted octanol–water partition coefficient (Wildman–Crippen LogP) is 7.36. The van der Waals surface area contributed by atoms with Gasteiger partial charge in [-0.1, -0.05) is 36.4 Å². The number of anilines is 1. The molecule has 0 atom stereocenters. The Morgan fingerprint density at radius 1 is 1.03 bits per heavy atom. The second kappa shape index (κ2) is 10.4. The fourth-order valence-electron chi connectivity index (χ4n) is 4.33. The van der Waals surface area contributed by atoms with E-state index in [2.05, 4.69) is 20.1 Å². The lowest BCUT2D eigenvalue weighted by atomic mass is 10.1. The fraction of sp³-hybridized carbons (Fsp3) is 0.138. The molecule has 0 unspecified atom stereocenters. The molecule has 0 bridgehead atoms. The van der Waals surface area contributed by atoms with E-state index in [1.807, 2.05) is 66.9 Å². The van der Waals surface area contributed by atoms with Crippen LogP contribution in [0.2, 0.25) is 0 Å². The minimum absolute atomic E-state index is 0.275. The molecule has 0 saturated carbocycles. The zero-order chi connectivity index (χ0) is 27.7. The van der Waals surface area contributed by atoms with E-state index in [1.54, 1.807) is 36.7 Å². The Hall–Kier alpha value is -4.44. The molecular weight excluding hydrogens is 523 g/mol. The van der Waals surface area contributed by atoms with Gasteiger partial charge in [0.05, 0.1) is 17.2 Å². The van der Waals surface area contributed by atoms with E-state index in [1.165, 1.54) is 12.1 Å². The summed E-state index contributed by atoms with van der Waals surface area (Å²) in [7, 11) is 1.79. The van der Waals surface area contributed by atoms with Gasteiger partial charge in [0, 0.05) is 23.8 Å². The van der Waals surface area contributed by atoms with Gasteiger partial charge in [-0.05, 0) is 84.5 Å². The first-order valence-corrected chi connectivity index (χ1v) is 12.4. The van der Waals surface area contributed by atoms with Crippen LogP contribution in [0.3, 0.4) is 0 Å². The second-order valence-corrected chi connectivity index (χ2v) is 9.42. The van der Waals surface area contributed by atoms with Crippen LogP contribution in [0.5, 0.6) is 5.75 Å². The van der Waals surface area contributed by atoms with Gasteiger partial charge < -0.3 is 10.1 Å². The summed E-state index contributed by atoms with van der Waals surface area (Å²) in [5.74, 6) is -0.275. The molecule has 0 amide bonds. The number of hydrogen-bond acceptors (Lipinski definition) is 4. The summed E-state index contributed by atoms with van der Waals surface area (Å²) in [6.07, 6.45) is -1.34. The zero-order valence-corrected chi connectivity index (χ0v) is 22.1. The SMILES string of the molecule is Cc1cccc(C)c1NC(=S)N(C)/N=C/c1ccc2c(ccc3c2ncn3-c2ccc(OC(F)(F)F)cc2)c1. The lowest BCUT2D eigenvalue weighted by Crippen LogP contribution is -2.27. The lowest BCUT2D eigenvalue weighted by Gasteiger charge is -2.18. The highest BCUT2D eigenvalue weighted by atomic mass is 32.1. The van der Waals surface area contributed by atoms with Crippen molar-refractivity contribution in [3.8, 4) is 11.4 Å². The van der Waals surface area contributed by atoms with E-state index in [0.29, 0.717) is 10.8 Å². The number of benzene rings is 4. The number of imidazole rings is 1. The number of hydrogen-bond donors (Lipinski definition) is 1. The molecule has 0 aliphatic heterocycles. The van der Waals surface area contributed by atoms with Crippen LogP contribution < -0.4 is 10.1 Å². The Balaban J connectivity index is 1.35. The van der Waals surface area contributed by atoms with Gasteiger partial charge in [0.1, 0.15) is 12.1 Å². The highest BCUT2D eigenvalue weighted by Crippen LogP contribution is 2.29. The molecular formula is C29H24F3N5OS. The molecule has 6 nitrogen and oxygen atoms in total. The quantitative estimate of drug-likeness (QED) is 0.142. The third-order valence-corrected chi connectivity index (χ3v) is 6.66. The average Bonchev–Trinajstić information content (AvgIpc) is 3.33. The summed E-state index contributed by atoms with van der Waals surface area (Å²) >= 11 is 5.53. The normalized spacial score (nSPS) is 11.8. The Morgan fingerprint density at radius 2 is 1.74 bits per heavy atom. The number of ether oxygens (including phenoxy) is 1. The number of hydrazone groups is 1. The molecule has 0 spiro atoms. The molecule has 0 saturated heterocycles. The van der Waals surface area contributed by atoms with Crippen molar-refractivity contribution in [2.45, 2.75) is 20.2 Å². The van der Waals surface area contributed by atoms with Crippen LogP contribution >= 0.6 is 12.2 Å². The van der Waals surface area contributed by atoms with Gasteiger partial charge in [0.15, 0.2) is 5.11 Å². The van der Waals surface area contributed by atoms with E-state index in [0.717, 1.165) is 44.2 Å². The molecule has 0 fully saturated rings. The van der Waals surface area contributed by atoms with Crippen LogP contribution in [0.1, 0.15) is 16.7 Å². The number of rotatable bonds is 5. The van der Waals surface area contributed by atoms with Crippen molar-refractivity contribution < 1.29 is 17.9 Å². The lowest BCUT2D eigenvalue weighted by molar-refractivity contribution is -0.274. The Bertz CT molecular complexity index is 1690. The topological polar surface area (TPSA) is 54.7 Å². The van der Waals surface area contributed by atoms with Crippen LogP contribution in [-0.4, -0.2) is 39.3 Å². The molecule has 1 N–H and O–H groups in total. The Kier molecular flexibility index (Phi) is 6.96. The van der Waals surface area contributed by atoms with Crippen molar-refractivity contribution in [3.63, 3.8) is 0 Å². The summed E-state index contributed by atoms with van der Waals surface area (Å²) < 4.78 is 43.2. The molecule has 0 aliphatic rings. The van der Waals surface area contributed by atoms with Crippen LogP contribution in [0.15, 0.2) is 84.2 Å². The third-order valence-electron chi connectivity index (χ3n) is 6.29. The summed E-state index contributed by atoms with van der Waals surface area (Å²) in [6, 6.07) is 21.6. The van der Waals surface area contributed by atoms with Gasteiger partial charge in [-0.25, -0.2) is 9.99 Å². The molecule has 1 aromatic heterocycles. The van der Waals surface area contributed by atoms with Crippen LogP contribution in [0.4, 0.5) is 18.9 Å². The molecule has 10 heteroatoms. The number of nitrogens with one attached hydrogen (secondary N) is 1. The number of nitrogens with zero attached hydrogens (tertiary/aromatic N) is 4. The monoisotopic (exact) mass is 547 g/mol. The first-order chi connectivity index (χ1) is 18.6. The second-order valence-electron chi connectivity index (χ2n) is 9.04. The van der Waals surface area contributed by atoms with Crippen molar-refractivity contribution >= 4 is 51.0 Å². The van der Waals surface area contributed by atoms with Crippen LogP contribution in [-0.2, 0) is 0 Å². The van der Waals surface area contributed by atoms with Gasteiger partial charge in [0.2, 0.25) is 0 Å². The largest absolute Gasteiger partial charge is 0.573 e. The fourth-order valence-corrected chi connectivity index (χ4v) is 4.48. The predicted molar refractivity (Wildman–Crippen MR) is 153 cm³/mol. The minimum atomic E-state index is -4.73. The third kappa shape index (κ3) is 5.70. The summed E-state index contributed by atoms with van der Waals surface area (Å²) in [5.41, 5.74) is 6.35. The van der Waals surface area contributed by atoms with Gasteiger partial charge in [-0.15, -0.1) is 13.2 Å². The van der Waals surface area contributed by atoms with E-state index in [9.17, 15) is 13.2 Å². The Labute approximate surface area is 228 Å². The minimum Gasteiger partial charge on any atom is -0.406 e. The summed E-state index contributed by atoms with van der Waals surface area (Å²) in [6.45, 7) is 4.05. The number of halogens is 3. The summed E-state index contributed by atoms with van der Waals surface area (Å²) in [5, 5.41) is 11.8. The average molecular weight is 548 g/mol. The van der Waals surface area contributed by atoms with E-state index in [-0.39, 0.29) is 5.75 Å². The zero-order valence-electron chi connectivity index (χ0n) is 21.3. The highest BCUT2D eigenvalue weighted by Gasteiger charge is 2.31. The highest BCUT2D eigenvalue weighted by molar-refractivity contribution is 7.80. The van der Waals surface area contributed by atoms with E-state index < -0.39 is 6.36 Å². The maximum absolute atomic E-state index is 12.5. The molecule has 5 rings (SSSR count). The first kappa shape index (κ1) is 26.2. The van der Waals surface area contributed by atoms with Gasteiger partial charge in [0.25, 0.3) is 0 Å². The maximum Gasteiger partial charge on any atom is 0.573 e. The van der Waals surface area contributed by atoms with Gasteiger partial charge in [-0.3, -0.25) is 4.57 Å². The summed E-state index contributed by atoms with van der Waals surface area (Å²) in [4.78, 5) is 4.57. The van der Waals surface area contributed by atoms with E-state index >= 15 is 0 Å². The van der Waals surface area contributed by atoms with Crippen molar-refractivity contribution in [3.05, 3.63) is 95.8 Å². The molecule has 198 valence electrons. The van der Waals surface area contributed by atoms with E-state index in [4.69, 9.17) is 12.2 Å². The first-order valence-electron chi connectivity index (χ1n) is 12.0. The molecule has 0 aliphatic carbocycles. The standard InChI is InChI=1S/C29H24F3N5OS/c1-18-5-4-6-19(2)26(18)35-28(39)36(3)34-16-20-7-13-24-21(15-20)8-14-25-27(24)33-17-37(25)22-9-11-23(12-10-22)38-29(30,31)32/h4-17H,1-3H3,(H,35,39)/b34-16+. The van der Waals surface area contributed by atoms with Crippen LogP contribution in [0.25, 0.3) is 27.5 Å². The smallest absolute Gasteiger partial charge is 0.406 e. The number of para-hydroxylation sites is 1. The molecule has 1 heterocycles. The van der Waals surface area contributed by atoms with Crippen molar-refractivity contribution in [1.82, 2.24) is 14.6 Å². The Morgan fingerprint density at radius 3 is 2.44 bits per heavy atom. The van der Waals surface area contributed by atoms with Crippen LogP contribution in [0, 0.1) is 13.8 Å². The number of aromatic nitrogens is 2. The number of fused-ring (bicyclic) bond motifs is 3. The molecule has 5 aromatic rings. The van der Waals surface area contributed by atoms with Crippen molar-refractivity contribution in [2.75, 3.05) is 12.4 Å².